The molecule has 3 amide bonds. The summed E-state index contributed by atoms with van der Waals surface area (Å²) in [6.07, 6.45) is 1.53. The molecule has 8 nitrogen and oxygen atoms in total. The maximum Gasteiger partial charge on any atom is 0.373 e. The number of benzene rings is 2. The molecular weight excluding hydrogens is 431 g/mol. The minimum atomic E-state index is -0.652. The maximum absolute atomic E-state index is 13.0. The van der Waals surface area contributed by atoms with E-state index < -0.39 is 17.9 Å². The Morgan fingerprint density at radius 1 is 1.12 bits per heavy atom. The van der Waals surface area contributed by atoms with Crippen LogP contribution < -0.4 is 10.1 Å². The lowest BCUT2D eigenvalue weighted by atomic mass is 10.1. The molecule has 0 aliphatic carbocycles. The molecule has 1 fully saturated rings. The number of rotatable bonds is 7. The van der Waals surface area contributed by atoms with Gasteiger partial charge in [-0.25, -0.2) is 14.0 Å². The number of furan rings is 1. The van der Waals surface area contributed by atoms with Gasteiger partial charge in [0.05, 0.1) is 13.7 Å². The maximum atomic E-state index is 13.0. The van der Waals surface area contributed by atoms with Gasteiger partial charge in [-0.3, -0.25) is 9.69 Å². The highest BCUT2D eigenvalue weighted by atomic mass is 19.1. The molecule has 2 heterocycles. The summed E-state index contributed by atoms with van der Waals surface area (Å²) in [5.74, 6) is -0.716. The molecule has 33 heavy (non-hydrogen) atoms. The number of carbonyl (C=O) groups is 3. The summed E-state index contributed by atoms with van der Waals surface area (Å²) in [5.41, 5.74) is 1.54. The Kier molecular flexibility index (Phi) is 6.21. The number of hydrogen-bond acceptors (Lipinski definition) is 6. The zero-order valence-electron chi connectivity index (χ0n) is 17.5. The minimum absolute atomic E-state index is 0.0206. The number of methoxy groups -OCH3 is 1. The lowest BCUT2D eigenvalue weighted by Crippen LogP contribution is -2.30. The summed E-state index contributed by atoms with van der Waals surface area (Å²) < 4.78 is 28.7. The summed E-state index contributed by atoms with van der Waals surface area (Å²) in [4.78, 5) is 37.5. The van der Waals surface area contributed by atoms with Crippen LogP contribution in [0.5, 0.6) is 5.75 Å². The van der Waals surface area contributed by atoms with Crippen molar-refractivity contribution < 1.29 is 32.7 Å². The molecule has 1 saturated heterocycles. The van der Waals surface area contributed by atoms with E-state index in [2.05, 4.69) is 10.1 Å². The summed E-state index contributed by atoms with van der Waals surface area (Å²) >= 11 is 0. The molecule has 9 heteroatoms. The predicted molar refractivity (Wildman–Crippen MR) is 114 cm³/mol. The van der Waals surface area contributed by atoms with Crippen molar-refractivity contribution in [2.75, 3.05) is 7.11 Å². The highest BCUT2D eigenvalue weighted by Gasteiger charge is 2.34. The Morgan fingerprint density at radius 3 is 2.67 bits per heavy atom. The van der Waals surface area contributed by atoms with Crippen molar-refractivity contribution in [2.24, 2.45) is 0 Å². The molecule has 0 bridgehead atoms. The van der Waals surface area contributed by atoms with Crippen LogP contribution in [0.4, 0.5) is 9.18 Å². The highest BCUT2D eigenvalue weighted by molar-refractivity contribution is 6.13. The van der Waals surface area contributed by atoms with Crippen LogP contribution in [0.3, 0.4) is 0 Å². The number of imide groups is 1. The van der Waals surface area contributed by atoms with Gasteiger partial charge in [0.25, 0.3) is 5.91 Å². The third-order valence-corrected chi connectivity index (χ3v) is 4.81. The van der Waals surface area contributed by atoms with Crippen LogP contribution in [0, 0.1) is 5.82 Å². The molecular formula is C24H19FN2O6. The molecule has 0 unspecified atom stereocenters. The van der Waals surface area contributed by atoms with E-state index in [0.29, 0.717) is 11.3 Å². The molecule has 4 rings (SSSR count). The van der Waals surface area contributed by atoms with Crippen molar-refractivity contribution >= 4 is 24.0 Å². The molecule has 1 aromatic heterocycles. The first-order valence-corrected chi connectivity index (χ1v) is 9.92. The van der Waals surface area contributed by atoms with Crippen molar-refractivity contribution in [3.63, 3.8) is 0 Å². The highest BCUT2D eigenvalue weighted by Crippen LogP contribution is 2.21. The van der Waals surface area contributed by atoms with Crippen molar-refractivity contribution in [2.45, 2.75) is 13.2 Å². The normalized spacial score (nSPS) is 14.5. The van der Waals surface area contributed by atoms with Gasteiger partial charge in [-0.2, -0.15) is 0 Å². The Balaban J connectivity index is 1.43. The molecule has 1 N–H and O–H groups in total. The van der Waals surface area contributed by atoms with Gasteiger partial charge < -0.3 is 19.2 Å². The van der Waals surface area contributed by atoms with Crippen molar-refractivity contribution in [1.29, 1.82) is 0 Å². The standard InChI is InChI=1S/C24H19FN2O6/c1-31-23(29)21-10-9-19(33-21)13-27-22(28)20(26-24(27)30)12-16-3-2-4-18(11-16)32-14-15-5-7-17(25)8-6-15/h2-12H,13-14H2,1H3,(H,26,30). The Labute approximate surface area is 188 Å². The summed E-state index contributed by atoms with van der Waals surface area (Å²) in [5, 5.41) is 2.53. The zero-order valence-corrected chi connectivity index (χ0v) is 17.5. The fourth-order valence-electron chi connectivity index (χ4n) is 3.15. The molecule has 1 aliphatic rings. The number of halogens is 1. The molecule has 0 atom stereocenters. The van der Waals surface area contributed by atoms with E-state index in [9.17, 15) is 18.8 Å². The van der Waals surface area contributed by atoms with Gasteiger partial charge in [-0.05, 0) is 53.6 Å². The number of nitrogens with zero attached hydrogens (tertiary/aromatic N) is 1. The smallest absolute Gasteiger partial charge is 0.373 e. The second-order valence-electron chi connectivity index (χ2n) is 7.12. The van der Waals surface area contributed by atoms with Crippen LogP contribution in [0.15, 0.2) is 70.8 Å². The molecule has 3 aromatic rings. The summed E-state index contributed by atoms with van der Waals surface area (Å²) in [6.45, 7) is 0.111. The van der Waals surface area contributed by atoms with E-state index in [1.165, 1.54) is 37.5 Å². The Bertz CT molecular complexity index is 1230. The van der Waals surface area contributed by atoms with Crippen LogP contribution in [0.1, 0.15) is 27.4 Å². The van der Waals surface area contributed by atoms with Crippen LogP contribution >= 0.6 is 0 Å². The monoisotopic (exact) mass is 450 g/mol. The number of esters is 1. The predicted octanol–water partition coefficient (Wildman–Crippen LogP) is 3.88. The van der Waals surface area contributed by atoms with E-state index in [0.717, 1.165) is 10.5 Å². The van der Waals surface area contributed by atoms with Gasteiger partial charge in [0.1, 0.15) is 29.6 Å². The fraction of sp³-hybridized carbons (Fsp3) is 0.125. The molecule has 1 aliphatic heterocycles. The number of carbonyl (C=O) groups excluding carboxylic acids is 3. The van der Waals surface area contributed by atoms with Crippen molar-refractivity contribution in [1.82, 2.24) is 10.2 Å². The number of amides is 3. The third kappa shape index (κ3) is 5.09. The Hall–Kier alpha value is -4.40. The average molecular weight is 450 g/mol. The van der Waals surface area contributed by atoms with Crippen molar-refractivity contribution in [3.8, 4) is 5.75 Å². The van der Waals surface area contributed by atoms with E-state index >= 15 is 0 Å². The largest absolute Gasteiger partial charge is 0.489 e. The number of urea groups is 1. The Morgan fingerprint density at radius 2 is 1.91 bits per heavy atom. The second-order valence-corrected chi connectivity index (χ2v) is 7.12. The SMILES string of the molecule is COC(=O)c1ccc(CN2C(=O)NC(=Cc3cccc(OCc4ccc(F)cc4)c3)C2=O)o1. The minimum Gasteiger partial charge on any atom is -0.489 e. The van der Waals surface area contributed by atoms with E-state index in [1.54, 1.807) is 36.4 Å². The summed E-state index contributed by atoms with van der Waals surface area (Å²) in [6, 6.07) is 15.3. The average Bonchev–Trinajstić information content (AvgIpc) is 3.39. The first kappa shape index (κ1) is 21.8. The molecule has 0 spiro atoms. The van der Waals surface area contributed by atoms with Gasteiger partial charge in [0.2, 0.25) is 5.76 Å². The van der Waals surface area contributed by atoms with Gasteiger partial charge in [-0.15, -0.1) is 0 Å². The zero-order chi connectivity index (χ0) is 23.4. The molecule has 0 saturated carbocycles. The third-order valence-electron chi connectivity index (χ3n) is 4.81. The van der Waals surface area contributed by atoms with Gasteiger partial charge >= 0.3 is 12.0 Å². The van der Waals surface area contributed by atoms with Gasteiger partial charge in [0, 0.05) is 0 Å². The molecule has 0 radical (unpaired) electrons. The van der Waals surface area contributed by atoms with E-state index in [4.69, 9.17) is 9.15 Å². The van der Waals surface area contributed by atoms with E-state index in [-0.39, 0.29) is 36.2 Å². The van der Waals surface area contributed by atoms with Crippen LogP contribution in [0.2, 0.25) is 0 Å². The molecule has 168 valence electrons. The van der Waals surface area contributed by atoms with Gasteiger partial charge in [0.15, 0.2) is 0 Å². The van der Waals surface area contributed by atoms with Crippen LogP contribution in [-0.2, 0) is 22.7 Å². The number of ether oxygens (including phenoxy) is 2. The quantitative estimate of drug-likeness (QED) is 0.333. The first-order chi connectivity index (χ1) is 15.9. The van der Waals surface area contributed by atoms with E-state index in [1.807, 2.05) is 0 Å². The lowest BCUT2D eigenvalue weighted by molar-refractivity contribution is -0.123. The van der Waals surface area contributed by atoms with Crippen LogP contribution in [-0.4, -0.2) is 29.9 Å². The summed E-state index contributed by atoms with van der Waals surface area (Å²) in [7, 11) is 1.22. The van der Waals surface area contributed by atoms with Gasteiger partial charge in [-0.1, -0.05) is 24.3 Å². The second kappa shape index (κ2) is 9.39. The first-order valence-electron chi connectivity index (χ1n) is 9.92. The number of nitrogens with one attached hydrogen (secondary N) is 1. The number of hydrogen-bond donors (Lipinski definition) is 1. The van der Waals surface area contributed by atoms with Crippen molar-refractivity contribution in [3.05, 3.63) is 94.8 Å². The fourth-order valence-corrected chi connectivity index (χ4v) is 3.15. The van der Waals surface area contributed by atoms with Crippen LogP contribution in [0.25, 0.3) is 6.08 Å². The lowest BCUT2D eigenvalue weighted by Gasteiger charge is -2.09. The molecule has 2 aromatic carbocycles. The topological polar surface area (TPSA) is 98.1 Å².